The number of rotatable bonds is 6. The Hall–Kier alpha value is -1.94. The third-order valence-electron chi connectivity index (χ3n) is 3.39. The second-order valence-electron chi connectivity index (χ2n) is 5.28. The van der Waals surface area contributed by atoms with E-state index in [0.29, 0.717) is 11.0 Å². The number of hydrogen-bond acceptors (Lipinski definition) is 3. The lowest BCUT2D eigenvalue weighted by atomic mass is 10.1. The summed E-state index contributed by atoms with van der Waals surface area (Å²) in [5.74, 6) is 0.781. The molecule has 1 aromatic carbocycles. The normalized spacial score (nSPS) is 11.9. The maximum absolute atomic E-state index is 5.76. The van der Waals surface area contributed by atoms with E-state index in [-0.39, 0.29) is 0 Å². The molecule has 0 saturated heterocycles. The molecule has 1 atom stereocenters. The molecule has 0 aliphatic carbocycles. The van der Waals surface area contributed by atoms with E-state index in [9.17, 15) is 0 Å². The van der Waals surface area contributed by atoms with Crippen LogP contribution in [0.1, 0.15) is 30.2 Å². The predicted molar refractivity (Wildman–Crippen MR) is 92.7 cm³/mol. The zero-order chi connectivity index (χ0) is 15.2. The van der Waals surface area contributed by atoms with Crippen LogP contribution >= 0.6 is 12.2 Å². The number of nitrogens with one attached hydrogen (secondary N) is 1. The van der Waals surface area contributed by atoms with Crippen LogP contribution in [0.3, 0.4) is 0 Å². The van der Waals surface area contributed by atoms with Crippen molar-refractivity contribution in [2.24, 2.45) is 5.73 Å². The van der Waals surface area contributed by atoms with Crippen molar-refractivity contribution >= 4 is 23.0 Å². The van der Waals surface area contributed by atoms with Crippen molar-refractivity contribution in [3.05, 3.63) is 59.3 Å². The van der Waals surface area contributed by atoms with E-state index >= 15 is 0 Å². The second-order valence-corrected chi connectivity index (χ2v) is 5.72. The molecule has 0 spiro atoms. The fraction of sp³-hybridized carbons (Fsp3) is 0.294. The van der Waals surface area contributed by atoms with E-state index in [0.717, 1.165) is 29.9 Å². The topological polar surface area (TPSA) is 50.9 Å². The van der Waals surface area contributed by atoms with Crippen LogP contribution in [0.2, 0.25) is 0 Å². The van der Waals surface area contributed by atoms with Gasteiger partial charge in [-0.1, -0.05) is 42.5 Å². The first-order valence-electron chi connectivity index (χ1n) is 7.14. The van der Waals surface area contributed by atoms with Gasteiger partial charge in [-0.05, 0) is 44.4 Å². The monoisotopic (exact) mass is 299 g/mol. The Morgan fingerprint density at radius 2 is 1.95 bits per heavy atom. The fourth-order valence-electron chi connectivity index (χ4n) is 2.20. The molecule has 2 rings (SSSR count). The summed E-state index contributed by atoms with van der Waals surface area (Å²) < 4.78 is 0. The molecular weight excluding hydrogens is 278 g/mol. The van der Waals surface area contributed by atoms with Crippen LogP contribution in [0.25, 0.3) is 0 Å². The van der Waals surface area contributed by atoms with Crippen LogP contribution in [0, 0.1) is 6.92 Å². The van der Waals surface area contributed by atoms with Crippen molar-refractivity contribution in [1.82, 2.24) is 4.98 Å². The minimum Gasteiger partial charge on any atom is -0.389 e. The molecule has 0 saturated carbocycles. The van der Waals surface area contributed by atoms with Gasteiger partial charge in [-0.25, -0.2) is 4.98 Å². The van der Waals surface area contributed by atoms with E-state index in [2.05, 4.69) is 41.5 Å². The van der Waals surface area contributed by atoms with Gasteiger partial charge in [-0.3, -0.25) is 0 Å². The lowest BCUT2D eigenvalue weighted by molar-refractivity contribution is 0.702. The quantitative estimate of drug-likeness (QED) is 0.802. The van der Waals surface area contributed by atoms with E-state index in [1.165, 1.54) is 5.56 Å². The zero-order valence-corrected chi connectivity index (χ0v) is 13.3. The molecule has 110 valence electrons. The summed E-state index contributed by atoms with van der Waals surface area (Å²) in [5.41, 5.74) is 8.86. The zero-order valence-electron chi connectivity index (χ0n) is 12.5. The van der Waals surface area contributed by atoms with Crippen LogP contribution in [0.5, 0.6) is 0 Å². The summed E-state index contributed by atoms with van der Waals surface area (Å²) >= 11 is 5.08. The first-order valence-corrected chi connectivity index (χ1v) is 7.55. The number of anilines is 1. The van der Waals surface area contributed by atoms with Gasteiger partial charge in [0.1, 0.15) is 10.8 Å². The SMILES string of the molecule is Cc1ccc(C(N)=S)c(NC(C)CCc2ccccc2)n1. The van der Waals surface area contributed by atoms with Crippen molar-refractivity contribution in [1.29, 1.82) is 0 Å². The number of nitrogens with zero attached hydrogens (tertiary/aromatic N) is 1. The molecule has 3 N–H and O–H groups in total. The number of thiocarbonyl (C=S) groups is 1. The summed E-state index contributed by atoms with van der Waals surface area (Å²) in [5, 5.41) is 3.42. The van der Waals surface area contributed by atoms with Gasteiger partial charge in [0.05, 0.1) is 5.56 Å². The number of pyridine rings is 1. The summed E-state index contributed by atoms with van der Waals surface area (Å²) in [6, 6.07) is 14.6. The molecule has 0 fully saturated rings. The molecule has 0 aliphatic heterocycles. The van der Waals surface area contributed by atoms with E-state index < -0.39 is 0 Å². The lowest BCUT2D eigenvalue weighted by Gasteiger charge is -2.17. The van der Waals surface area contributed by atoms with Gasteiger partial charge in [0.25, 0.3) is 0 Å². The Labute approximate surface area is 131 Å². The average molecular weight is 299 g/mol. The van der Waals surface area contributed by atoms with Crippen molar-refractivity contribution in [3.63, 3.8) is 0 Å². The molecule has 21 heavy (non-hydrogen) atoms. The molecule has 0 bridgehead atoms. The molecule has 1 heterocycles. The molecule has 0 aliphatic rings. The average Bonchev–Trinajstić information content (AvgIpc) is 2.46. The van der Waals surface area contributed by atoms with E-state index in [1.807, 2.05) is 25.1 Å². The highest BCUT2D eigenvalue weighted by molar-refractivity contribution is 7.80. The number of nitrogens with two attached hydrogens (primary N) is 1. The summed E-state index contributed by atoms with van der Waals surface area (Å²) in [7, 11) is 0. The minimum atomic E-state index is 0.299. The molecular formula is C17H21N3S. The summed E-state index contributed by atoms with van der Waals surface area (Å²) in [6.45, 7) is 4.11. The molecule has 4 heteroatoms. The molecule has 1 unspecified atom stereocenters. The van der Waals surface area contributed by atoms with Gasteiger partial charge in [0.15, 0.2) is 0 Å². The van der Waals surface area contributed by atoms with Gasteiger partial charge in [-0.15, -0.1) is 0 Å². The Kier molecular flexibility index (Phi) is 5.28. The highest BCUT2D eigenvalue weighted by Gasteiger charge is 2.10. The van der Waals surface area contributed by atoms with Crippen LogP contribution < -0.4 is 11.1 Å². The Bertz CT molecular complexity index is 611. The number of aryl methyl sites for hydroxylation is 2. The third kappa shape index (κ3) is 4.53. The summed E-state index contributed by atoms with van der Waals surface area (Å²) in [6.07, 6.45) is 2.06. The second kappa shape index (κ2) is 7.18. The van der Waals surface area contributed by atoms with Crippen LogP contribution in [0.4, 0.5) is 5.82 Å². The van der Waals surface area contributed by atoms with Gasteiger partial charge < -0.3 is 11.1 Å². The third-order valence-corrected chi connectivity index (χ3v) is 3.61. The van der Waals surface area contributed by atoms with Crippen molar-refractivity contribution in [2.75, 3.05) is 5.32 Å². The Balaban J connectivity index is 2.01. The van der Waals surface area contributed by atoms with Gasteiger partial charge in [0, 0.05) is 11.7 Å². The van der Waals surface area contributed by atoms with Crippen molar-refractivity contribution in [3.8, 4) is 0 Å². The minimum absolute atomic E-state index is 0.299. The smallest absolute Gasteiger partial charge is 0.136 e. The molecule has 1 aromatic heterocycles. The largest absolute Gasteiger partial charge is 0.389 e. The van der Waals surface area contributed by atoms with Crippen molar-refractivity contribution in [2.45, 2.75) is 32.7 Å². The summed E-state index contributed by atoms with van der Waals surface area (Å²) in [4.78, 5) is 4.89. The van der Waals surface area contributed by atoms with Gasteiger partial charge >= 0.3 is 0 Å². The molecule has 2 aromatic rings. The standard InChI is InChI=1S/C17H21N3S/c1-12(8-10-14-6-4-3-5-7-14)19-17-15(16(18)21)11-9-13(2)20-17/h3-7,9,11-12H,8,10H2,1-2H3,(H2,18,21)(H,19,20). The van der Waals surface area contributed by atoms with Gasteiger partial charge in [0.2, 0.25) is 0 Å². The van der Waals surface area contributed by atoms with Crippen LogP contribution in [0.15, 0.2) is 42.5 Å². The Morgan fingerprint density at radius 1 is 1.24 bits per heavy atom. The highest BCUT2D eigenvalue weighted by Crippen LogP contribution is 2.16. The predicted octanol–water partition coefficient (Wildman–Crippen LogP) is 3.46. The number of aromatic nitrogens is 1. The Morgan fingerprint density at radius 3 is 2.62 bits per heavy atom. The number of hydrogen-bond donors (Lipinski definition) is 2. The van der Waals surface area contributed by atoms with Gasteiger partial charge in [-0.2, -0.15) is 0 Å². The fourth-order valence-corrected chi connectivity index (χ4v) is 2.36. The highest BCUT2D eigenvalue weighted by atomic mass is 32.1. The number of benzene rings is 1. The van der Waals surface area contributed by atoms with Crippen molar-refractivity contribution < 1.29 is 0 Å². The van der Waals surface area contributed by atoms with Crippen LogP contribution in [-0.4, -0.2) is 16.0 Å². The molecule has 3 nitrogen and oxygen atoms in total. The maximum Gasteiger partial charge on any atom is 0.136 e. The molecule has 0 amide bonds. The lowest BCUT2D eigenvalue weighted by Crippen LogP contribution is -2.21. The first kappa shape index (κ1) is 15.4. The van der Waals surface area contributed by atoms with E-state index in [4.69, 9.17) is 18.0 Å². The first-order chi connectivity index (χ1) is 10.1. The molecule has 0 radical (unpaired) electrons. The van der Waals surface area contributed by atoms with Crippen LogP contribution in [-0.2, 0) is 6.42 Å². The maximum atomic E-state index is 5.76. The van der Waals surface area contributed by atoms with E-state index in [1.54, 1.807) is 0 Å².